The summed E-state index contributed by atoms with van der Waals surface area (Å²) >= 11 is 12.2. The molecule has 3 rings (SSSR count). The second-order valence-corrected chi connectivity index (χ2v) is 10.5. The zero-order valence-corrected chi connectivity index (χ0v) is 16.7. The molecule has 0 unspecified atom stereocenters. The smallest absolute Gasteiger partial charge is 0.243 e. The molecule has 1 aliphatic carbocycles. The van der Waals surface area contributed by atoms with Crippen LogP contribution in [0, 0.1) is 12.3 Å². The number of sulfonamides is 1. The van der Waals surface area contributed by atoms with Crippen molar-refractivity contribution >= 4 is 39.1 Å². The average Bonchev–Trinajstić information content (AvgIpc) is 3.17. The summed E-state index contributed by atoms with van der Waals surface area (Å²) in [6.45, 7) is 5.21. The van der Waals surface area contributed by atoms with E-state index in [9.17, 15) is 13.2 Å². The lowest BCUT2D eigenvalue weighted by molar-refractivity contribution is -0.136. The molecule has 0 N–H and O–H groups in total. The largest absolute Gasteiger partial charge is 0.341 e. The fraction of sp³-hybridized carbons (Fsp3) is 0.588. The van der Waals surface area contributed by atoms with Gasteiger partial charge < -0.3 is 4.90 Å². The number of carbonyl (C=O) groups excluding carboxylic acids is 1. The Morgan fingerprint density at radius 1 is 1.08 bits per heavy atom. The predicted molar refractivity (Wildman–Crippen MR) is 98.3 cm³/mol. The minimum absolute atomic E-state index is 0.0907. The first kappa shape index (κ1) is 19.0. The first-order valence-electron chi connectivity index (χ1n) is 8.32. The standard InChI is InChI=1S/C17H22Cl2N2O3S/c1-13-4-6-14(7-5-13)25(23,24)21-9-3-8-20(10-11-21)15(22)16(2)12-17(16,18)19/h4-7H,3,8-12H2,1-2H3/t16-/m0/s1. The van der Waals surface area contributed by atoms with Crippen LogP contribution in [-0.4, -0.2) is 54.0 Å². The highest BCUT2D eigenvalue weighted by molar-refractivity contribution is 7.89. The van der Waals surface area contributed by atoms with Crippen molar-refractivity contribution in [1.82, 2.24) is 9.21 Å². The minimum atomic E-state index is -3.55. The Morgan fingerprint density at radius 2 is 1.68 bits per heavy atom. The molecule has 1 atom stereocenters. The fourth-order valence-corrected chi connectivity index (χ4v) is 5.34. The molecule has 1 aliphatic heterocycles. The topological polar surface area (TPSA) is 57.7 Å². The van der Waals surface area contributed by atoms with E-state index in [1.165, 1.54) is 4.31 Å². The molecule has 1 heterocycles. The molecular formula is C17H22Cl2N2O3S. The van der Waals surface area contributed by atoms with Crippen molar-refractivity contribution in [3.8, 4) is 0 Å². The summed E-state index contributed by atoms with van der Waals surface area (Å²) in [5.41, 5.74) is 0.246. The van der Waals surface area contributed by atoms with Gasteiger partial charge in [-0.25, -0.2) is 8.42 Å². The van der Waals surface area contributed by atoms with E-state index in [0.717, 1.165) is 5.56 Å². The predicted octanol–water partition coefficient (Wildman–Crippen LogP) is 2.80. The summed E-state index contributed by atoms with van der Waals surface area (Å²) in [6, 6.07) is 6.82. The van der Waals surface area contributed by atoms with E-state index in [1.54, 1.807) is 36.1 Å². The van der Waals surface area contributed by atoms with E-state index in [1.807, 2.05) is 6.92 Å². The summed E-state index contributed by atoms with van der Waals surface area (Å²) < 4.78 is 26.1. The van der Waals surface area contributed by atoms with Crippen LogP contribution < -0.4 is 0 Å². The molecule has 0 aromatic heterocycles. The number of nitrogens with zero attached hydrogens (tertiary/aromatic N) is 2. The van der Waals surface area contributed by atoms with Gasteiger partial charge in [0, 0.05) is 26.2 Å². The quantitative estimate of drug-likeness (QED) is 0.727. The van der Waals surface area contributed by atoms with Gasteiger partial charge in [0.2, 0.25) is 15.9 Å². The van der Waals surface area contributed by atoms with Gasteiger partial charge in [-0.3, -0.25) is 4.79 Å². The lowest BCUT2D eigenvalue weighted by Crippen LogP contribution is -2.41. The summed E-state index contributed by atoms with van der Waals surface area (Å²) in [5.74, 6) is -0.0907. The van der Waals surface area contributed by atoms with Gasteiger partial charge >= 0.3 is 0 Å². The van der Waals surface area contributed by atoms with Gasteiger partial charge in [-0.05, 0) is 38.8 Å². The Bertz CT molecular complexity index is 780. The number of aryl methyl sites for hydroxylation is 1. The molecule has 1 aromatic carbocycles. The van der Waals surface area contributed by atoms with E-state index >= 15 is 0 Å². The van der Waals surface area contributed by atoms with Crippen LogP contribution in [0.1, 0.15) is 25.3 Å². The zero-order chi connectivity index (χ0) is 18.5. The number of alkyl halides is 2. The number of halogens is 2. The molecule has 1 saturated carbocycles. The summed E-state index contributed by atoms with van der Waals surface area (Å²) in [6.07, 6.45) is 1.02. The maximum absolute atomic E-state index is 12.8. The lowest BCUT2D eigenvalue weighted by Gasteiger charge is -2.25. The number of hydrogen-bond donors (Lipinski definition) is 0. The first-order chi connectivity index (χ1) is 11.6. The van der Waals surface area contributed by atoms with Gasteiger partial charge in [-0.1, -0.05) is 17.7 Å². The highest BCUT2D eigenvalue weighted by Crippen LogP contribution is 2.64. The summed E-state index contributed by atoms with van der Waals surface area (Å²) in [7, 11) is -3.55. The Hall–Kier alpha value is -0.820. The van der Waals surface area contributed by atoms with Crippen molar-refractivity contribution < 1.29 is 13.2 Å². The normalized spacial score (nSPS) is 27.0. The SMILES string of the molecule is Cc1ccc(S(=O)(=O)N2CCCN(C(=O)[C@]3(C)CC3(Cl)Cl)CC2)cc1. The molecule has 138 valence electrons. The maximum atomic E-state index is 12.8. The van der Waals surface area contributed by atoms with Crippen LogP contribution in [0.3, 0.4) is 0 Å². The first-order valence-corrected chi connectivity index (χ1v) is 10.5. The molecule has 0 radical (unpaired) electrons. The maximum Gasteiger partial charge on any atom is 0.243 e. The number of carbonyl (C=O) groups is 1. The fourth-order valence-electron chi connectivity index (χ4n) is 3.18. The van der Waals surface area contributed by atoms with Gasteiger partial charge in [0.1, 0.15) is 4.33 Å². The third kappa shape index (κ3) is 3.42. The van der Waals surface area contributed by atoms with Crippen LogP contribution in [-0.2, 0) is 14.8 Å². The van der Waals surface area contributed by atoms with Crippen LogP contribution in [0.5, 0.6) is 0 Å². The molecule has 0 bridgehead atoms. The molecule has 2 aliphatic rings. The zero-order valence-electron chi connectivity index (χ0n) is 14.3. The van der Waals surface area contributed by atoms with Crippen LogP contribution in [0.2, 0.25) is 0 Å². The summed E-state index contributed by atoms with van der Waals surface area (Å²) in [5, 5.41) is 0. The molecule has 5 nitrogen and oxygen atoms in total. The minimum Gasteiger partial charge on any atom is -0.341 e. The van der Waals surface area contributed by atoms with Crippen LogP contribution in [0.25, 0.3) is 0 Å². The second kappa shape index (κ2) is 6.41. The highest BCUT2D eigenvalue weighted by atomic mass is 35.5. The Morgan fingerprint density at radius 3 is 2.24 bits per heavy atom. The Balaban J connectivity index is 1.71. The summed E-state index contributed by atoms with van der Waals surface area (Å²) in [4.78, 5) is 14.7. The van der Waals surface area contributed by atoms with Crippen molar-refractivity contribution in [1.29, 1.82) is 0 Å². The van der Waals surface area contributed by atoms with Gasteiger partial charge in [-0.15, -0.1) is 23.2 Å². The number of hydrogen-bond acceptors (Lipinski definition) is 3. The lowest BCUT2D eigenvalue weighted by atomic mass is 10.1. The molecule has 8 heteroatoms. The van der Waals surface area contributed by atoms with Gasteiger partial charge in [-0.2, -0.15) is 4.31 Å². The van der Waals surface area contributed by atoms with Crippen molar-refractivity contribution in [2.24, 2.45) is 5.41 Å². The molecule has 1 amide bonds. The molecule has 2 fully saturated rings. The number of benzene rings is 1. The van der Waals surface area contributed by atoms with Crippen LogP contribution in [0.4, 0.5) is 0 Å². The van der Waals surface area contributed by atoms with E-state index in [-0.39, 0.29) is 17.3 Å². The van der Waals surface area contributed by atoms with Gasteiger partial charge in [0.05, 0.1) is 10.3 Å². The van der Waals surface area contributed by atoms with Crippen LogP contribution in [0.15, 0.2) is 29.2 Å². The van der Waals surface area contributed by atoms with Crippen molar-refractivity contribution in [3.05, 3.63) is 29.8 Å². The Kier molecular flexibility index (Phi) is 4.86. The molecule has 1 aromatic rings. The highest BCUT2D eigenvalue weighted by Gasteiger charge is 2.68. The third-order valence-electron chi connectivity index (χ3n) is 5.13. The van der Waals surface area contributed by atoms with E-state index in [2.05, 4.69) is 0 Å². The van der Waals surface area contributed by atoms with Crippen molar-refractivity contribution in [2.75, 3.05) is 26.2 Å². The number of rotatable bonds is 3. The third-order valence-corrected chi connectivity index (χ3v) is 8.15. The molecular weight excluding hydrogens is 383 g/mol. The van der Waals surface area contributed by atoms with Crippen molar-refractivity contribution in [2.45, 2.75) is 35.9 Å². The van der Waals surface area contributed by atoms with Crippen LogP contribution >= 0.6 is 23.2 Å². The van der Waals surface area contributed by atoms with Gasteiger partial charge in [0.25, 0.3) is 0 Å². The Labute approximate surface area is 158 Å². The number of amides is 1. The van der Waals surface area contributed by atoms with E-state index in [4.69, 9.17) is 23.2 Å². The molecule has 0 spiro atoms. The molecule has 25 heavy (non-hydrogen) atoms. The second-order valence-electron chi connectivity index (χ2n) is 7.08. The van der Waals surface area contributed by atoms with E-state index in [0.29, 0.717) is 32.5 Å². The van der Waals surface area contributed by atoms with Crippen molar-refractivity contribution in [3.63, 3.8) is 0 Å². The van der Waals surface area contributed by atoms with E-state index < -0.39 is 19.8 Å². The van der Waals surface area contributed by atoms with Gasteiger partial charge in [0.15, 0.2) is 0 Å². The monoisotopic (exact) mass is 404 g/mol. The average molecular weight is 405 g/mol. The molecule has 1 saturated heterocycles.